The van der Waals surface area contributed by atoms with Gasteiger partial charge in [-0.25, -0.2) is 4.98 Å². The van der Waals surface area contributed by atoms with Gasteiger partial charge in [-0.1, -0.05) is 18.2 Å². The number of benzene rings is 2. The first-order chi connectivity index (χ1) is 27.8. The van der Waals surface area contributed by atoms with Crippen molar-refractivity contribution in [2.45, 2.75) is 70.0 Å². The fraction of sp³-hybridized carbons (Fsp3) is 0.386. The maximum Gasteiger partial charge on any atom is 0.256 e. The fourth-order valence-electron chi connectivity index (χ4n) is 8.31. The summed E-state index contributed by atoms with van der Waals surface area (Å²) in [4.78, 5) is 75.0. The van der Waals surface area contributed by atoms with Crippen molar-refractivity contribution in [1.82, 2.24) is 29.5 Å². The number of carbonyl (C=O) groups excluding carboxylic acids is 5. The topological polar surface area (TPSA) is 154 Å². The maximum atomic E-state index is 13.3. The lowest BCUT2D eigenvalue weighted by Gasteiger charge is -2.35. The molecule has 3 aromatic heterocycles. The normalized spacial score (nSPS) is 16.7. The van der Waals surface area contributed by atoms with Gasteiger partial charge in [0.15, 0.2) is 6.29 Å². The van der Waals surface area contributed by atoms with E-state index in [1.54, 1.807) is 18.3 Å². The minimum Gasteiger partial charge on any atom is -0.371 e. The first-order valence-corrected chi connectivity index (χ1v) is 19.9. The average Bonchev–Trinajstić information content (AvgIpc) is 4.00. The predicted octanol–water partition coefficient (Wildman–Crippen LogP) is 6.57. The lowest BCUT2D eigenvalue weighted by atomic mass is 9.91. The van der Waals surface area contributed by atoms with Gasteiger partial charge < -0.3 is 29.7 Å². The number of piperidine rings is 1. The van der Waals surface area contributed by atoms with E-state index in [1.807, 2.05) is 53.5 Å². The molecule has 0 spiro atoms. The van der Waals surface area contributed by atoms with Crippen molar-refractivity contribution < 1.29 is 24.0 Å². The molecule has 0 radical (unpaired) electrons. The van der Waals surface area contributed by atoms with E-state index in [-0.39, 0.29) is 24.3 Å². The Morgan fingerprint density at radius 3 is 2.53 bits per heavy atom. The van der Waals surface area contributed by atoms with Gasteiger partial charge in [-0.05, 0) is 100 Å². The summed E-state index contributed by atoms with van der Waals surface area (Å²) < 4.78 is 1.97. The van der Waals surface area contributed by atoms with Gasteiger partial charge >= 0.3 is 0 Å². The van der Waals surface area contributed by atoms with Gasteiger partial charge in [-0.15, -0.1) is 0 Å². The molecule has 2 aromatic carbocycles. The zero-order valence-electron chi connectivity index (χ0n) is 32.6. The van der Waals surface area contributed by atoms with Crippen LogP contribution in [0.3, 0.4) is 0 Å². The quantitative estimate of drug-likeness (QED) is 0.106. The second-order valence-corrected chi connectivity index (χ2v) is 15.3. The lowest BCUT2D eigenvalue weighted by Crippen LogP contribution is -2.39. The molecule has 5 aromatic rings. The van der Waals surface area contributed by atoms with Gasteiger partial charge in [-0.3, -0.25) is 24.0 Å². The van der Waals surface area contributed by atoms with Crippen molar-refractivity contribution in [3.05, 3.63) is 95.6 Å². The molecule has 2 atom stereocenters. The number of aldehydes is 3. The van der Waals surface area contributed by atoms with Crippen molar-refractivity contribution in [3.63, 3.8) is 0 Å². The third kappa shape index (κ3) is 8.88. The van der Waals surface area contributed by atoms with Crippen LogP contribution in [0.1, 0.15) is 94.2 Å². The molecular formula is C44H50N8O5. The second kappa shape index (κ2) is 17.9. The van der Waals surface area contributed by atoms with Crippen LogP contribution in [-0.2, 0) is 16.1 Å². The summed E-state index contributed by atoms with van der Waals surface area (Å²) in [7, 11) is 3.68. The summed E-state index contributed by atoms with van der Waals surface area (Å²) in [5.41, 5.74) is 5.96. The highest BCUT2D eigenvalue weighted by Crippen LogP contribution is 2.33. The van der Waals surface area contributed by atoms with Crippen LogP contribution in [0.25, 0.3) is 22.0 Å². The summed E-state index contributed by atoms with van der Waals surface area (Å²) >= 11 is 0. The molecular weight excluding hydrogens is 721 g/mol. The van der Waals surface area contributed by atoms with Crippen molar-refractivity contribution in [3.8, 4) is 11.1 Å². The number of aromatic amines is 1. The number of pyridine rings is 1. The monoisotopic (exact) mass is 770 g/mol. The number of nitrogens with zero attached hydrogens (tertiary/aromatic N) is 6. The molecule has 0 bridgehead atoms. The van der Waals surface area contributed by atoms with Crippen LogP contribution in [0, 0.1) is 5.92 Å². The number of carbonyl (C=O) groups is 5. The van der Waals surface area contributed by atoms with Crippen LogP contribution in [-0.4, -0.2) is 100.0 Å². The summed E-state index contributed by atoms with van der Waals surface area (Å²) in [5.74, 6) is 0.405. The number of likely N-dealkylation sites (N-methyl/N-ethyl adjacent to an activating group) is 1. The molecule has 2 aliphatic heterocycles. The van der Waals surface area contributed by atoms with E-state index in [2.05, 4.69) is 43.3 Å². The van der Waals surface area contributed by atoms with Gasteiger partial charge in [0.2, 0.25) is 0 Å². The minimum absolute atomic E-state index is 0.170. The Morgan fingerprint density at radius 1 is 1.00 bits per heavy atom. The first-order valence-electron chi connectivity index (χ1n) is 19.9. The molecule has 2 unspecified atom stereocenters. The standard InChI is InChI=1S/C44H50N8O5/c1-49-18-5-11-41(49)39-23-33-25-45-42(24-38(33)47-39)48-43(56)32-14-12-31(13-15-32)34-26-46-52(27-34)19-4-7-30-16-20-51(21-17-30)40-10-3-9-36(37(40)29-55)44(57)50(2)35(28-54)8-6-22-53/h3,9-10,12-15,22-30,35,41,47H,4-8,11,16-21H2,1-2H3,(H,45,48,56). The van der Waals surface area contributed by atoms with Crippen LogP contribution in [0.2, 0.25) is 0 Å². The number of anilines is 2. The fourth-order valence-corrected chi connectivity index (χ4v) is 8.31. The van der Waals surface area contributed by atoms with Crippen LogP contribution in [0.15, 0.2) is 73.2 Å². The molecule has 296 valence electrons. The average molecular weight is 771 g/mol. The number of aromatic nitrogens is 4. The van der Waals surface area contributed by atoms with Crippen LogP contribution < -0.4 is 10.2 Å². The van der Waals surface area contributed by atoms with Crippen molar-refractivity contribution >= 4 is 53.1 Å². The van der Waals surface area contributed by atoms with Crippen LogP contribution >= 0.6 is 0 Å². The smallest absolute Gasteiger partial charge is 0.256 e. The number of hydrogen-bond acceptors (Lipinski definition) is 9. The van der Waals surface area contributed by atoms with Crippen molar-refractivity contribution in [2.75, 3.05) is 43.9 Å². The summed E-state index contributed by atoms with van der Waals surface area (Å²) in [6.45, 7) is 3.43. The van der Waals surface area contributed by atoms with E-state index >= 15 is 0 Å². The third-order valence-corrected chi connectivity index (χ3v) is 11.7. The molecule has 2 N–H and O–H groups in total. The molecule has 2 aliphatic rings. The highest BCUT2D eigenvalue weighted by molar-refractivity contribution is 6.05. The van der Waals surface area contributed by atoms with Crippen LogP contribution in [0.5, 0.6) is 0 Å². The van der Waals surface area contributed by atoms with Gasteiger partial charge in [0, 0.05) is 85.5 Å². The number of nitrogens with one attached hydrogen (secondary N) is 2. The molecule has 2 amide bonds. The van der Waals surface area contributed by atoms with E-state index in [1.165, 1.54) is 24.1 Å². The summed E-state index contributed by atoms with van der Waals surface area (Å²) in [6.07, 6.45) is 14.5. The zero-order chi connectivity index (χ0) is 39.9. The maximum absolute atomic E-state index is 13.3. The number of likely N-dealkylation sites (tertiary alicyclic amines) is 1. The first kappa shape index (κ1) is 39.3. The number of amides is 2. The van der Waals surface area contributed by atoms with E-state index in [0.717, 1.165) is 98.6 Å². The largest absolute Gasteiger partial charge is 0.371 e. The number of rotatable bonds is 16. The Labute approximate surface area is 332 Å². The highest BCUT2D eigenvalue weighted by atomic mass is 16.2. The SMILES string of the molecule is CN1CCCC1c1cc2cnc(NC(=O)c3ccc(-c4cnn(CCCC5CCN(c6cccc(C(=O)N(C)C(C=O)CCC=O)c6C=O)CC5)c4)cc3)cc2[nH]1. The summed E-state index contributed by atoms with van der Waals surface area (Å²) in [5, 5.41) is 8.57. The molecule has 2 fully saturated rings. The molecule has 2 saturated heterocycles. The van der Waals surface area contributed by atoms with Gasteiger partial charge in [0.25, 0.3) is 11.8 Å². The zero-order valence-corrected chi connectivity index (χ0v) is 32.6. The number of H-pyrrole nitrogens is 1. The Balaban J connectivity index is 0.879. The number of aryl methyl sites for hydroxylation is 1. The number of hydrogen-bond donors (Lipinski definition) is 2. The molecule has 5 heterocycles. The van der Waals surface area contributed by atoms with Crippen LogP contribution in [0.4, 0.5) is 11.5 Å². The molecule has 13 nitrogen and oxygen atoms in total. The van der Waals surface area contributed by atoms with E-state index in [9.17, 15) is 24.0 Å². The molecule has 7 rings (SSSR count). The van der Waals surface area contributed by atoms with Gasteiger partial charge in [0.1, 0.15) is 18.4 Å². The van der Waals surface area contributed by atoms with E-state index < -0.39 is 11.9 Å². The van der Waals surface area contributed by atoms with E-state index in [0.29, 0.717) is 35.2 Å². The highest BCUT2D eigenvalue weighted by Gasteiger charge is 2.27. The Kier molecular flexibility index (Phi) is 12.3. The molecule has 13 heteroatoms. The Morgan fingerprint density at radius 2 is 1.81 bits per heavy atom. The third-order valence-electron chi connectivity index (χ3n) is 11.7. The predicted molar refractivity (Wildman–Crippen MR) is 220 cm³/mol. The summed E-state index contributed by atoms with van der Waals surface area (Å²) in [6, 6.07) is 16.5. The van der Waals surface area contributed by atoms with E-state index in [4.69, 9.17) is 0 Å². The minimum atomic E-state index is -0.741. The molecule has 57 heavy (non-hydrogen) atoms. The Hall–Kier alpha value is -5.95. The lowest BCUT2D eigenvalue weighted by molar-refractivity contribution is -0.112. The molecule has 0 aliphatic carbocycles. The number of fused-ring (bicyclic) bond motifs is 1. The van der Waals surface area contributed by atoms with Gasteiger partial charge in [-0.2, -0.15) is 5.10 Å². The van der Waals surface area contributed by atoms with Crippen molar-refractivity contribution in [2.24, 2.45) is 5.92 Å². The van der Waals surface area contributed by atoms with Crippen molar-refractivity contribution in [1.29, 1.82) is 0 Å². The molecule has 0 saturated carbocycles. The Bertz CT molecular complexity index is 2220. The van der Waals surface area contributed by atoms with Gasteiger partial charge in [0.05, 0.1) is 28.9 Å². The second-order valence-electron chi connectivity index (χ2n) is 15.3.